The predicted molar refractivity (Wildman–Crippen MR) is 134 cm³/mol. The molecule has 2 heterocycles. The van der Waals surface area contributed by atoms with Crippen molar-refractivity contribution in [2.24, 2.45) is 11.8 Å². The second-order valence-electron chi connectivity index (χ2n) is 9.10. The van der Waals surface area contributed by atoms with Gasteiger partial charge in [-0.15, -0.1) is 0 Å². The molecule has 1 aliphatic carbocycles. The van der Waals surface area contributed by atoms with Gasteiger partial charge in [0, 0.05) is 30.9 Å². The van der Waals surface area contributed by atoms with Crippen molar-refractivity contribution in [2.45, 2.75) is 32.2 Å². The highest BCUT2D eigenvalue weighted by atomic mass is 35.5. The Morgan fingerprint density at radius 2 is 1.94 bits per heavy atom. The van der Waals surface area contributed by atoms with Gasteiger partial charge in [-0.2, -0.15) is 4.98 Å². The van der Waals surface area contributed by atoms with Crippen molar-refractivity contribution in [3.05, 3.63) is 82.0 Å². The maximum absolute atomic E-state index is 13.1. The van der Waals surface area contributed by atoms with Crippen LogP contribution in [0, 0.1) is 11.8 Å². The zero-order chi connectivity index (χ0) is 24.4. The van der Waals surface area contributed by atoms with E-state index in [0.717, 1.165) is 24.1 Å². The first-order valence-corrected chi connectivity index (χ1v) is 12.1. The number of fused-ring (bicyclic) bond motifs is 1. The van der Waals surface area contributed by atoms with Crippen LogP contribution in [0.5, 0.6) is 0 Å². The molecule has 1 aromatic heterocycles. The van der Waals surface area contributed by atoms with Crippen LogP contribution < -0.4 is 15.5 Å². The summed E-state index contributed by atoms with van der Waals surface area (Å²) in [6.07, 6.45) is 2.68. The number of halogens is 1. The van der Waals surface area contributed by atoms with Gasteiger partial charge in [-0.25, -0.2) is 4.98 Å². The van der Waals surface area contributed by atoms with Gasteiger partial charge in [-0.3, -0.25) is 4.79 Å². The van der Waals surface area contributed by atoms with Crippen LogP contribution in [0.25, 0.3) is 0 Å². The number of nitrogens with zero attached hydrogens (tertiary/aromatic N) is 3. The summed E-state index contributed by atoms with van der Waals surface area (Å²) in [4.78, 5) is 24.3. The SMILES string of the molecule is O=C(NCc1ccccc1)c1cnc(N2CC3CC3C2CO)nc1NCc1ccc(CO)c(Cl)c1. The Morgan fingerprint density at radius 3 is 2.69 bits per heavy atom. The number of carbonyl (C=O) groups excluding carboxylic acids is 1. The van der Waals surface area contributed by atoms with Crippen LogP contribution in [0.2, 0.25) is 5.02 Å². The molecule has 3 aromatic rings. The molecule has 0 spiro atoms. The van der Waals surface area contributed by atoms with Crippen LogP contribution in [-0.2, 0) is 19.7 Å². The van der Waals surface area contributed by atoms with Crippen LogP contribution in [0.3, 0.4) is 0 Å². The zero-order valence-corrected chi connectivity index (χ0v) is 19.9. The smallest absolute Gasteiger partial charge is 0.256 e. The molecule has 35 heavy (non-hydrogen) atoms. The molecular weight excluding hydrogens is 466 g/mol. The molecule has 182 valence electrons. The minimum absolute atomic E-state index is 0.00967. The molecule has 9 heteroatoms. The molecule has 8 nitrogen and oxygen atoms in total. The Labute approximate surface area is 209 Å². The number of hydrogen-bond acceptors (Lipinski definition) is 7. The van der Waals surface area contributed by atoms with E-state index in [1.165, 1.54) is 0 Å². The van der Waals surface area contributed by atoms with Gasteiger partial charge in [0.15, 0.2) is 0 Å². The topological polar surface area (TPSA) is 111 Å². The molecule has 1 amide bonds. The first-order valence-electron chi connectivity index (χ1n) is 11.8. The van der Waals surface area contributed by atoms with E-state index in [2.05, 4.69) is 15.6 Å². The van der Waals surface area contributed by atoms with Crippen molar-refractivity contribution < 1.29 is 15.0 Å². The number of rotatable bonds is 9. The summed E-state index contributed by atoms with van der Waals surface area (Å²) in [7, 11) is 0. The van der Waals surface area contributed by atoms with E-state index in [1.807, 2.05) is 41.3 Å². The summed E-state index contributed by atoms with van der Waals surface area (Å²) in [5.41, 5.74) is 2.88. The lowest BCUT2D eigenvalue weighted by atomic mass is 10.1. The van der Waals surface area contributed by atoms with Gasteiger partial charge in [-0.05, 0) is 41.0 Å². The number of nitrogens with one attached hydrogen (secondary N) is 2. The van der Waals surface area contributed by atoms with E-state index >= 15 is 0 Å². The third-order valence-electron chi connectivity index (χ3n) is 6.81. The van der Waals surface area contributed by atoms with Crippen molar-refractivity contribution in [3.63, 3.8) is 0 Å². The summed E-state index contributed by atoms with van der Waals surface area (Å²) in [6.45, 7) is 1.52. The average molecular weight is 494 g/mol. The summed E-state index contributed by atoms with van der Waals surface area (Å²) in [5, 5.41) is 26.0. The number of aliphatic hydroxyl groups is 2. The highest BCUT2D eigenvalue weighted by molar-refractivity contribution is 6.31. The van der Waals surface area contributed by atoms with Crippen LogP contribution in [0.15, 0.2) is 54.7 Å². The van der Waals surface area contributed by atoms with Crippen molar-refractivity contribution in [1.29, 1.82) is 0 Å². The fourth-order valence-electron chi connectivity index (χ4n) is 4.74. The quantitative estimate of drug-likeness (QED) is 0.362. The van der Waals surface area contributed by atoms with Gasteiger partial charge in [0.2, 0.25) is 5.95 Å². The van der Waals surface area contributed by atoms with E-state index in [1.54, 1.807) is 18.3 Å². The molecule has 0 radical (unpaired) electrons. The Morgan fingerprint density at radius 1 is 1.11 bits per heavy atom. The second kappa shape index (κ2) is 10.2. The predicted octanol–water partition coefficient (Wildman–Crippen LogP) is 2.98. The van der Waals surface area contributed by atoms with E-state index in [9.17, 15) is 15.0 Å². The van der Waals surface area contributed by atoms with Crippen LogP contribution >= 0.6 is 11.6 Å². The highest BCUT2D eigenvalue weighted by Gasteiger charge is 2.53. The average Bonchev–Trinajstić information content (AvgIpc) is 3.56. The second-order valence-corrected chi connectivity index (χ2v) is 9.51. The highest BCUT2D eigenvalue weighted by Crippen LogP contribution is 2.50. The van der Waals surface area contributed by atoms with Crippen LogP contribution in [0.1, 0.15) is 33.5 Å². The number of hydrogen-bond donors (Lipinski definition) is 4. The lowest BCUT2D eigenvalue weighted by Gasteiger charge is -2.26. The van der Waals surface area contributed by atoms with Crippen molar-refractivity contribution in [1.82, 2.24) is 15.3 Å². The Bertz CT molecular complexity index is 1210. The first-order chi connectivity index (χ1) is 17.1. The molecule has 1 aliphatic heterocycles. The monoisotopic (exact) mass is 493 g/mol. The summed E-state index contributed by atoms with van der Waals surface area (Å²) >= 11 is 6.25. The van der Waals surface area contributed by atoms with Crippen molar-refractivity contribution in [2.75, 3.05) is 23.4 Å². The van der Waals surface area contributed by atoms with E-state index in [4.69, 9.17) is 16.6 Å². The van der Waals surface area contributed by atoms with Crippen LogP contribution in [-0.4, -0.2) is 45.3 Å². The number of piperidine rings is 1. The molecule has 5 rings (SSSR count). The van der Waals surface area contributed by atoms with E-state index in [-0.39, 0.29) is 25.2 Å². The standard InChI is InChI=1S/C26H28ClN5O3/c27-22-8-17(6-7-18(22)14-33)11-28-24-21(25(35)29-10-16-4-2-1-3-5-16)12-30-26(31-24)32-13-19-9-20(19)23(32)15-34/h1-8,12,19-20,23,33-34H,9-11,13-15H2,(H,29,35)(H,28,30,31). The molecule has 2 aliphatic rings. The van der Waals surface area contributed by atoms with Gasteiger partial charge in [0.25, 0.3) is 5.91 Å². The number of aliphatic hydroxyl groups excluding tert-OH is 2. The maximum Gasteiger partial charge on any atom is 0.256 e. The van der Waals surface area contributed by atoms with Gasteiger partial charge >= 0.3 is 0 Å². The number of anilines is 2. The third kappa shape index (κ3) is 5.10. The maximum atomic E-state index is 13.1. The van der Waals surface area contributed by atoms with E-state index in [0.29, 0.717) is 52.8 Å². The zero-order valence-electron chi connectivity index (χ0n) is 19.2. The summed E-state index contributed by atoms with van der Waals surface area (Å²) in [5.74, 6) is 1.71. The fraction of sp³-hybridized carbons (Fsp3) is 0.346. The molecule has 2 fully saturated rings. The van der Waals surface area contributed by atoms with E-state index < -0.39 is 0 Å². The first kappa shape index (κ1) is 23.5. The molecule has 0 bridgehead atoms. The summed E-state index contributed by atoms with van der Waals surface area (Å²) in [6, 6.07) is 15.1. The Balaban J connectivity index is 1.38. The van der Waals surface area contributed by atoms with Crippen molar-refractivity contribution >= 4 is 29.3 Å². The molecule has 3 unspecified atom stereocenters. The largest absolute Gasteiger partial charge is 0.394 e. The number of benzene rings is 2. The normalized spacial score (nSPS) is 20.4. The fourth-order valence-corrected chi connectivity index (χ4v) is 5.00. The molecule has 1 saturated carbocycles. The minimum atomic E-state index is -0.278. The van der Waals surface area contributed by atoms with Gasteiger partial charge in [0.05, 0.1) is 19.3 Å². The molecule has 4 N–H and O–H groups in total. The Kier molecular flexibility index (Phi) is 6.86. The summed E-state index contributed by atoms with van der Waals surface area (Å²) < 4.78 is 0. The lowest BCUT2D eigenvalue weighted by Crippen LogP contribution is -2.37. The minimum Gasteiger partial charge on any atom is -0.394 e. The van der Waals surface area contributed by atoms with Crippen molar-refractivity contribution in [3.8, 4) is 0 Å². The lowest BCUT2D eigenvalue weighted by molar-refractivity contribution is 0.0951. The molecule has 2 aromatic carbocycles. The number of amides is 1. The number of carbonyl (C=O) groups is 1. The molecule has 1 saturated heterocycles. The third-order valence-corrected chi connectivity index (χ3v) is 7.16. The molecule has 3 atom stereocenters. The number of aromatic nitrogens is 2. The van der Waals surface area contributed by atoms with Gasteiger partial charge in [0.1, 0.15) is 11.4 Å². The van der Waals surface area contributed by atoms with Crippen LogP contribution in [0.4, 0.5) is 11.8 Å². The van der Waals surface area contributed by atoms with Gasteiger partial charge in [-0.1, -0.05) is 54.1 Å². The van der Waals surface area contributed by atoms with Gasteiger partial charge < -0.3 is 25.7 Å². The molecular formula is C26H28ClN5O3. The Hall–Kier alpha value is -3.20.